The van der Waals surface area contributed by atoms with E-state index in [2.05, 4.69) is 0 Å². The molecule has 0 amide bonds. The van der Waals surface area contributed by atoms with E-state index in [1.807, 2.05) is 0 Å². The predicted molar refractivity (Wildman–Crippen MR) is 38.6 cm³/mol. The smallest absolute Gasteiger partial charge is 0.0596 e. The van der Waals surface area contributed by atoms with Crippen LogP contribution in [0.3, 0.4) is 0 Å². The SMILES string of the molecule is CC(C)(O)CC(CO)CO. The third kappa shape index (κ3) is 4.73. The normalized spacial score (nSPS) is 12.6. The van der Waals surface area contributed by atoms with Gasteiger partial charge in [-0.3, -0.25) is 0 Å². The van der Waals surface area contributed by atoms with Gasteiger partial charge in [-0.05, 0) is 20.3 Å². The number of aliphatic hydroxyl groups is 3. The molecular weight excluding hydrogens is 132 g/mol. The molecule has 0 aliphatic heterocycles. The molecule has 0 atom stereocenters. The Kier molecular flexibility index (Phi) is 3.86. The van der Waals surface area contributed by atoms with Crippen molar-refractivity contribution in [2.75, 3.05) is 13.2 Å². The van der Waals surface area contributed by atoms with Crippen LogP contribution in [0, 0.1) is 5.92 Å². The number of hydrogen-bond acceptors (Lipinski definition) is 3. The molecular formula is C7H16O3. The molecule has 0 saturated heterocycles. The van der Waals surface area contributed by atoms with Crippen molar-refractivity contribution in [3.05, 3.63) is 0 Å². The molecule has 0 unspecified atom stereocenters. The molecule has 0 heterocycles. The lowest BCUT2D eigenvalue weighted by atomic mass is 9.95. The Labute approximate surface area is 61.3 Å². The topological polar surface area (TPSA) is 60.7 Å². The van der Waals surface area contributed by atoms with Crippen molar-refractivity contribution in [1.29, 1.82) is 0 Å². The lowest BCUT2D eigenvalue weighted by Crippen LogP contribution is -2.26. The first-order chi connectivity index (χ1) is 4.49. The average molecular weight is 148 g/mol. The first kappa shape index (κ1) is 9.88. The van der Waals surface area contributed by atoms with Crippen LogP contribution in [0.25, 0.3) is 0 Å². The van der Waals surface area contributed by atoms with Gasteiger partial charge in [0.2, 0.25) is 0 Å². The molecule has 0 aliphatic rings. The summed E-state index contributed by atoms with van der Waals surface area (Å²) in [5.41, 5.74) is -0.796. The molecule has 62 valence electrons. The average Bonchev–Trinajstić information content (AvgIpc) is 1.81. The van der Waals surface area contributed by atoms with Gasteiger partial charge in [0.25, 0.3) is 0 Å². The van der Waals surface area contributed by atoms with Gasteiger partial charge in [-0.1, -0.05) is 0 Å². The fourth-order valence-corrected chi connectivity index (χ4v) is 0.893. The molecule has 0 spiro atoms. The minimum Gasteiger partial charge on any atom is -0.396 e. The summed E-state index contributed by atoms with van der Waals surface area (Å²) in [6.45, 7) is 3.18. The van der Waals surface area contributed by atoms with Crippen LogP contribution in [0.1, 0.15) is 20.3 Å². The maximum atomic E-state index is 9.23. The Morgan fingerprint density at radius 2 is 1.60 bits per heavy atom. The van der Waals surface area contributed by atoms with Gasteiger partial charge < -0.3 is 15.3 Å². The third-order valence-corrected chi connectivity index (χ3v) is 1.30. The highest BCUT2D eigenvalue weighted by atomic mass is 16.3. The predicted octanol–water partition coefficient (Wildman–Crippen LogP) is -0.252. The fourth-order valence-electron chi connectivity index (χ4n) is 0.893. The Balaban J connectivity index is 3.63. The molecule has 3 N–H and O–H groups in total. The second-order valence-electron chi connectivity index (χ2n) is 3.25. The Morgan fingerprint density at radius 1 is 1.20 bits per heavy atom. The van der Waals surface area contributed by atoms with Crippen LogP contribution >= 0.6 is 0 Å². The molecule has 0 aromatic rings. The molecule has 0 aliphatic carbocycles. The van der Waals surface area contributed by atoms with Crippen molar-refractivity contribution in [2.24, 2.45) is 5.92 Å². The van der Waals surface area contributed by atoms with E-state index in [0.29, 0.717) is 6.42 Å². The molecule has 0 radical (unpaired) electrons. The Bertz CT molecular complexity index is 81.3. The summed E-state index contributed by atoms with van der Waals surface area (Å²) < 4.78 is 0. The van der Waals surface area contributed by atoms with Crippen LogP contribution < -0.4 is 0 Å². The van der Waals surface area contributed by atoms with E-state index >= 15 is 0 Å². The summed E-state index contributed by atoms with van der Waals surface area (Å²) in [5, 5.41) is 26.5. The second kappa shape index (κ2) is 3.91. The van der Waals surface area contributed by atoms with E-state index in [4.69, 9.17) is 10.2 Å². The number of aliphatic hydroxyl groups excluding tert-OH is 2. The lowest BCUT2D eigenvalue weighted by Gasteiger charge is -2.21. The summed E-state index contributed by atoms with van der Waals surface area (Å²) in [6.07, 6.45) is 0.431. The van der Waals surface area contributed by atoms with E-state index in [1.165, 1.54) is 0 Å². The van der Waals surface area contributed by atoms with Crippen molar-refractivity contribution in [3.63, 3.8) is 0 Å². The minimum atomic E-state index is -0.796. The van der Waals surface area contributed by atoms with E-state index < -0.39 is 5.60 Å². The first-order valence-corrected chi connectivity index (χ1v) is 3.43. The van der Waals surface area contributed by atoms with Crippen molar-refractivity contribution in [1.82, 2.24) is 0 Å². The summed E-state index contributed by atoms with van der Waals surface area (Å²) in [4.78, 5) is 0. The van der Waals surface area contributed by atoms with Crippen LogP contribution in [0.5, 0.6) is 0 Å². The van der Waals surface area contributed by atoms with Crippen molar-refractivity contribution >= 4 is 0 Å². The van der Waals surface area contributed by atoms with Crippen LogP contribution in [0.2, 0.25) is 0 Å². The van der Waals surface area contributed by atoms with E-state index in [-0.39, 0.29) is 19.1 Å². The van der Waals surface area contributed by atoms with E-state index in [1.54, 1.807) is 13.8 Å². The van der Waals surface area contributed by atoms with Gasteiger partial charge >= 0.3 is 0 Å². The number of hydrogen-bond donors (Lipinski definition) is 3. The standard InChI is InChI=1S/C7H16O3/c1-7(2,10)3-6(4-8)5-9/h6,8-10H,3-5H2,1-2H3. The van der Waals surface area contributed by atoms with Crippen molar-refractivity contribution < 1.29 is 15.3 Å². The molecule has 0 aromatic heterocycles. The van der Waals surface area contributed by atoms with Crippen molar-refractivity contribution in [2.45, 2.75) is 25.9 Å². The molecule has 0 rings (SSSR count). The maximum Gasteiger partial charge on any atom is 0.0596 e. The van der Waals surface area contributed by atoms with Gasteiger partial charge in [-0.2, -0.15) is 0 Å². The summed E-state index contributed by atoms with van der Waals surface area (Å²) in [6, 6.07) is 0. The molecule has 3 nitrogen and oxygen atoms in total. The zero-order chi connectivity index (χ0) is 8.20. The molecule has 0 aromatic carbocycles. The summed E-state index contributed by atoms with van der Waals surface area (Å²) in [7, 11) is 0. The zero-order valence-electron chi connectivity index (χ0n) is 6.54. The minimum absolute atomic E-state index is 0.0690. The van der Waals surface area contributed by atoms with E-state index in [0.717, 1.165) is 0 Å². The van der Waals surface area contributed by atoms with Crippen LogP contribution in [-0.4, -0.2) is 34.1 Å². The van der Waals surface area contributed by atoms with Crippen LogP contribution in [0.4, 0.5) is 0 Å². The summed E-state index contributed by atoms with van der Waals surface area (Å²) in [5.74, 6) is -0.194. The van der Waals surface area contributed by atoms with E-state index in [9.17, 15) is 5.11 Å². The largest absolute Gasteiger partial charge is 0.396 e. The third-order valence-electron chi connectivity index (χ3n) is 1.30. The van der Waals surface area contributed by atoms with Gasteiger partial charge in [0, 0.05) is 19.1 Å². The highest BCUT2D eigenvalue weighted by molar-refractivity contribution is 4.70. The van der Waals surface area contributed by atoms with Gasteiger partial charge in [0.15, 0.2) is 0 Å². The second-order valence-corrected chi connectivity index (χ2v) is 3.25. The van der Waals surface area contributed by atoms with Gasteiger partial charge in [-0.15, -0.1) is 0 Å². The summed E-state index contributed by atoms with van der Waals surface area (Å²) >= 11 is 0. The Morgan fingerprint density at radius 3 is 1.70 bits per heavy atom. The molecule has 0 saturated carbocycles. The van der Waals surface area contributed by atoms with Gasteiger partial charge in [-0.25, -0.2) is 0 Å². The van der Waals surface area contributed by atoms with Crippen molar-refractivity contribution in [3.8, 4) is 0 Å². The molecule has 0 bridgehead atoms. The van der Waals surface area contributed by atoms with Gasteiger partial charge in [0.1, 0.15) is 0 Å². The quantitative estimate of drug-likeness (QED) is 0.515. The number of rotatable bonds is 4. The highest BCUT2D eigenvalue weighted by Crippen LogP contribution is 2.14. The molecule has 3 heteroatoms. The highest BCUT2D eigenvalue weighted by Gasteiger charge is 2.18. The first-order valence-electron chi connectivity index (χ1n) is 3.43. The molecule has 0 fully saturated rings. The maximum absolute atomic E-state index is 9.23. The van der Waals surface area contributed by atoms with Crippen LogP contribution in [0.15, 0.2) is 0 Å². The van der Waals surface area contributed by atoms with Gasteiger partial charge in [0.05, 0.1) is 5.60 Å². The lowest BCUT2D eigenvalue weighted by molar-refractivity contribution is 0.0244. The molecule has 10 heavy (non-hydrogen) atoms. The monoisotopic (exact) mass is 148 g/mol. The van der Waals surface area contributed by atoms with Crippen LogP contribution in [-0.2, 0) is 0 Å². The zero-order valence-corrected chi connectivity index (χ0v) is 6.54. The fraction of sp³-hybridized carbons (Fsp3) is 1.00. The Hall–Kier alpha value is -0.120.